The van der Waals surface area contributed by atoms with Crippen molar-refractivity contribution < 1.29 is 4.79 Å². The molecule has 0 bridgehead atoms. The average molecular weight is 220 g/mol. The van der Waals surface area contributed by atoms with Crippen LogP contribution in [-0.4, -0.2) is 29.0 Å². The number of hydrogen-bond acceptors (Lipinski definition) is 4. The van der Waals surface area contributed by atoms with Crippen LogP contribution in [0.4, 0.5) is 5.95 Å². The third kappa shape index (κ3) is 2.29. The first-order chi connectivity index (χ1) is 7.66. The van der Waals surface area contributed by atoms with Gasteiger partial charge < -0.3 is 10.6 Å². The fraction of sp³-hybridized carbons (Fsp3) is 0.545. The molecule has 1 aliphatic rings. The highest BCUT2D eigenvalue weighted by Gasteiger charge is 2.24. The molecule has 0 unspecified atom stereocenters. The molecule has 2 rings (SSSR count). The first-order valence-electron chi connectivity index (χ1n) is 5.51. The zero-order valence-electron chi connectivity index (χ0n) is 9.39. The minimum atomic E-state index is -0.190. The molecule has 1 fully saturated rings. The van der Waals surface area contributed by atoms with Crippen molar-refractivity contribution in [2.45, 2.75) is 19.8 Å². The van der Waals surface area contributed by atoms with Crippen LogP contribution in [0.25, 0.3) is 0 Å². The molecule has 1 aromatic heterocycles. The van der Waals surface area contributed by atoms with Crippen molar-refractivity contribution in [3.8, 4) is 0 Å². The number of anilines is 1. The van der Waals surface area contributed by atoms with E-state index in [1.165, 1.54) is 0 Å². The van der Waals surface area contributed by atoms with Crippen molar-refractivity contribution in [1.29, 1.82) is 0 Å². The second kappa shape index (κ2) is 4.47. The highest BCUT2D eigenvalue weighted by molar-refractivity contribution is 5.76. The highest BCUT2D eigenvalue weighted by atomic mass is 16.1. The Kier molecular flexibility index (Phi) is 3.03. The smallest absolute Gasteiger partial charge is 0.225 e. The van der Waals surface area contributed by atoms with Gasteiger partial charge in [-0.1, -0.05) is 0 Å². The normalized spacial score (nSPS) is 17.4. The number of aromatic nitrogens is 2. The van der Waals surface area contributed by atoms with Crippen LogP contribution in [0.3, 0.4) is 0 Å². The van der Waals surface area contributed by atoms with Gasteiger partial charge in [0.15, 0.2) is 0 Å². The van der Waals surface area contributed by atoms with Gasteiger partial charge in [0.05, 0.1) is 0 Å². The molecule has 0 radical (unpaired) electrons. The minimum Gasteiger partial charge on any atom is -0.369 e. The van der Waals surface area contributed by atoms with Crippen LogP contribution in [0.15, 0.2) is 12.3 Å². The lowest BCUT2D eigenvalue weighted by Crippen LogP contribution is -2.39. The maximum absolute atomic E-state index is 11.0. The molecule has 0 spiro atoms. The number of aryl methyl sites for hydroxylation is 1. The number of primary amides is 1. The number of hydrogen-bond donors (Lipinski definition) is 1. The van der Waals surface area contributed by atoms with E-state index in [-0.39, 0.29) is 11.8 Å². The molecule has 0 aliphatic carbocycles. The van der Waals surface area contributed by atoms with Crippen LogP contribution in [0.2, 0.25) is 0 Å². The standard InChI is InChI=1S/C11H16N4O/c1-8-2-5-13-11(14-8)15-6-3-9(4-7-15)10(12)16/h2,5,9H,3-4,6-7H2,1H3,(H2,12,16). The zero-order valence-corrected chi connectivity index (χ0v) is 9.39. The lowest BCUT2D eigenvalue weighted by molar-refractivity contribution is -0.122. The van der Waals surface area contributed by atoms with Crippen LogP contribution in [0.5, 0.6) is 0 Å². The van der Waals surface area contributed by atoms with Crippen LogP contribution in [-0.2, 0) is 4.79 Å². The number of nitrogens with two attached hydrogens (primary N) is 1. The Bertz CT molecular complexity index is 385. The van der Waals surface area contributed by atoms with Crippen molar-refractivity contribution in [3.05, 3.63) is 18.0 Å². The Balaban J connectivity index is 2.01. The summed E-state index contributed by atoms with van der Waals surface area (Å²) in [6.07, 6.45) is 3.36. The van der Waals surface area contributed by atoms with Crippen molar-refractivity contribution in [2.24, 2.45) is 11.7 Å². The molecule has 2 heterocycles. The van der Waals surface area contributed by atoms with Crippen molar-refractivity contribution >= 4 is 11.9 Å². The molecule has 0 atom stereocenters. The number of carbonyl (C=O) groups excluding carboxylic acids is 1. The molecule has 1 aliphatic heterocycles. The van der Waals surface area contributed by atoms with E-state index in [1.807, 2.05) is 13.0 Å². The summed E-state index contributed by atoms with van der Waals surface area (Å²) in [4.78, 5) is 21.7. The van der Waals surface area contributed by atoms with Gasteiger partial charge in [0.2, 0.25) is 11.9 Å². The van der Waals surface area contributed by atoms with Gasteiger partial charge >= 0.3 is 0 Å². The molecule has 86 valence electrons. The molecule has 5 nitrogen and oxygen atoms in total. The van der Waals surface area contributed by atoms with Gasteiger partial charge in [-0.15, -0.1) is 0 Å². The Labute approximate surface area is 94.7 Å². The summed E-state index contributed by atoms with van der Waals surface area (Å²) in [5, 5.41) is 0. The zero-order chi connectivity index (χ0) is 11.5. The molecule has 1 amide bonds. The molecular weight excluding hydrogens is 204 g/mol. The summed E-state index contributed by atoms with van der Waals surface area (Å²) in [5.74, 6) is 0.578. The second-order valence-corrected chi connectivity index (χ2v) is 4.16. The van der Waals surface area contributed by atoms with E-state index < -0.39 is 0 Å². The Hall–Kier alpha value is -1.65. The third-order valence-electron chi connectivity index (χ3n) is 2.96. The summed E-state index contributed by atoms with van der Waals surface area (Å²) in [6.45, 7) is 3.55. The molecule has 0 aromatic carbocycles. The molecule has 5 heteroatoms. The first-order valence-corrected chi connectivity index (χ1v) is 5.51. The van der Waals surface area contributed by atoms with Crippen LogP contribution >= 0.6 is 0 Å². The van der Waals surface area contributed by atoms with E-state index in [0.717, 1.165) is 37.6 Å². The van der Waals surface area contributed by atoms with Gasteiger partial charge in [0.25, 0.3) is 0 Å². The van der Waals surface area contributed by atoms with E-state index in [4.69, 9.17) is 5.73 Å². The first kappa shape index (κ1) is 10.9. The largest absolute Gasteiger partial charge is 0.369 e. The van der Waals surface area contributed by atoms with Gasteiger partial charge in [0, 0.05) is 30.9 Å². The number of piperidine rings is 1. The summed E-state index contributed by atoms with van der Waals surface area (Å²) >= 11 is 0. The van der Waals surface area contributed by atoms with E-state index in [1.54, 1.807) is 6.20 Å². The monoisotopic (exact) mass is 220 g/mol. The number of amides is 1. The van der Waals surface area contributed by atoms with Gasteiger partial charge in [-0.25, -0.2) is 9.97 Å². The predicted molar refractivity (Wildman–Crippen MR) is 60.9 cm³/mol. The van der Waals surface area contributed by atoms with Gasteiger partial charge in [-0.3, -0.25) is 4.79 Å². The third-order valence-corrected chi connectivity index (χ3v) is 2.96. The van der Waals surface area contributed by atoms with Crippen LogP contribution < -0.4 is 10.6 Å². The lowest BCUT2D eigenvalue weighted by Gasteiger charge is -2.30. The molecule has 2 N–H and O–H groups in total. The highest BCUT2D eigenvalue weighted by Crippen LogP contribution is 2.20. The molecule has 1 saturated heterocycles. The molecular formula is C11H16N4O. The lowest BCUT2D eigenvalue weighted by atomic mass is 9.96. The fourth-order valence-corrected chi connectivity index (χ4v) is 1.95. The summed E-state index contributed by atoms with van der Waals surface area (Å²) in [5.41, 5.74) is 6.25. The Morgan fingerprint density at radius 2 is 2.19 bits per heavy atom. The van der Waals surface area contributed by atoms with Crippen molar-refractivity contribution in [1.82, 2.24) is 9.97 Å². The van der Waals surface area contributed by atoms with E-state index in [0.29, 0.717) is 0 Å². The maximum Gasteiger partial charge on any atom is 0.225 e. The summed E-state index contributed by atoms with van der Waals surface area (Å²) < 4.78 is 0. The topological polar surface area (TPSA) is 72.1 Å². The van der Waals surface area contributed by atoms with E-state index in [2.05, 4.69) is 14.9 Å². The summed E-state index contributed by atoms with van der Waals surface area (Å²) in [6, 6.07) is 1.87. The Morgan fingerprint density at radius 3 is 2.75 bits per heavy atom. The van der Waals surface area contributed by atoms with Gasteiger partial charge in [0.1, 0.15) is 0 Å². The quantitative estimate of drug-likeness (QED) is 0.787. The van der Waals surface area contributed by atoms with Crippen molar-refractivity contribution in [3.63, 3.8) is 0 Å². The molecule has 1 aromatic rings. The molecule has 0 saturated carbocycles. The second-order valence-electron chi connectivity index (χ2n) is 4.16. The minimum absolute atomic E-state index is 0.0149. The van der Waals surface area contributed by atoms with Gasteiger partial charge in [-0.05, 0) is 25.8 Å². The van der Waals surface area contributed by atoms with E-state index >= 15 is 0 Å². The SMILES string of the molecule is Cc1ccnc(N2CCC(C(N)=O)CC2)n1. The van der Waals surface area contributed by atoms with Crippen LogP contribution in [0.1, 0.15) is 18.5 Å². The van der Waals surface area contributed by atoms with Crippen LogP contribution in [0, 0.1) is 12.8 Å². The van der Waals surface area contributed by atoms with Crippen molar-refractivity contribution in [2.75, 3.05) is 18.0 Å². The average Bonchev–Trinajstić information content (AvgIpc) is 2.29. The summed E-state index contributed by atoms with van der Waals surface area (Å²) in [7, 11) is 0. The number of nitrogens with zero attached hydrogens (tertiary/aromatic N) is 3. The maximum atomic E-state index is 11.0. The number of rotatable bonds is 2. The van der Waals surface area contributed by atoms with E-state index in [9.17, 15) is 4.79 Å². The fourth-order valence-electron chi connectivity index (χ4n) is 1.95. The van der Waals surface area contributed by atoms with Gasteiger partial charge in [-0.2, -0.15) is 0 Å². The molecule has 16 heavy (non-hydrogen) atoms. The Morgan fingerprint density at radius 1 is 1.50 bits per heavy atom. The number of carbonyl (C=O) groups is 1. The predicted octanol–water partition coefficient (Wildman–Crippen LogP) is 0.487.